The van der Waals surface area contributed by atoms with Crippen molar-refractivity contribution >= 4 is 28.8 Å². The largest absolute Gasteiger partial charge is 0.353 e. The van der Waals surface area contributed by atoms with E-state index in [0.717, 1.165) is 37.7 Å². The normalized spacial score (nSPS) is 13.7. The van der Waals surface area contributed by atoms with Crippen LogP contribution in [0.5, 0.6) is 0 Å². The van der Waals surface area contributed by atoms with Crippen LogP contribution >= 0.6 is 12.2 Å². The van der Waals surface area contributed by atoms with Gasteiger partial charge in [0.15, 0.2) is 5.11 Å². The summed E-state index contributed by atoms with van der Waals surface area (Å²) < 4.78 is 0. The van der Waals surface area contributed by atoms with Crippen molar-refractivity contribution in [3.05, 3.63) is 53.7 Å². The molecule has 3 rings (SSSR count). The standard InChI is InChI=1S/C18H16N6S/c19-11-14-2-1-3-16(10-14)22-18(25)24-8-6-23(7-9-24)17-5-4-15(12-20)13-21-17/h1-5,10,13H,6-9H2,(H,22,25). The Morgan fingerprint density at radius 2 is 1.80 bits per heavy atom. The van der Waals surface area contributed by atoms with E-state index in [-0.39, 0.29) is 0 Å². The topological polar surface area (TPSA) is 79.0 Å². The van der Waals surface area contributed by atoms with Crippen molar-refractivity contribution in [1.82, 2.24) is 9.88 Å². The monoisotopic (exact) mass is 348 g/mol. The minimum atomic E-state index is 0.562. The summed E-state index contributed by atoms with van der Waals surface area (Å²) >= 11 is 5.49. The highest BCUT2D eigenvalue weighted by molar-refractivity contribution is 7.80. The van der Waals surface area contributed by atoms with Gasteiger partial charge in [-0.1, -0.05) is 6.07 Å². The molecule has 0 radical (unpaired) electrons. The summed E-state index contributed by atoms with van der Waals surface area (Å²) in [6, 6.07) is 15.1. The number of nitrogens with one attached hydrogen (secondary N) is 1. The van der Waals surface area contributed by atoms with Gasteiger partial charge in [0, 0.05) is 38.1 Å². The Kier molecular flexibility index (Phi) is 5.08. The third kappa shape index (κ3) is 4.03. The third-order valence-corrected chi connectivity index (χ3v) is 4.37. The van der Waals surface area contributed by atoms with Crippen LogP contribution in [0.2, 0.25) is 0 Å². The van der Waals surface area contributed by atoms with Crippen LogP contribution in [-0.4, -0.2) is 41.2 Å². The molecule has 2 heterocycles. The molecule has 1 aliphatic heterocycles. The second kappa shape index (κ2) is 7.61. The van der Waals surface area contributed by atoms with Gasteiger partial charge in [-0.3, -0.25) is 0 Å². The van der Waals surface area contributed by atoms with Crippen molar-refractivity contribution in [2.75, 3.05) is 36.4 Å². The van der Waals surface area contributed by atoms with Crippen LogP contribution in [0.3, 0.4) is 0 Å². The average Bonchev–Trinajstić information content (AvgIpc) is 2.68. The molecule has 6 nitrogen and oxygen atoms in total. The van der Waals surface area contributed by atoms with Crippen LogP contribution in [0.4, 0.5) is 11.5 Å². The maximum absolute atomic E-state index is 8.96. The molecule has 0 aliphatic carbocycles. The zero-order chi connectivity index (χ0) is 17.6. The number of hydrogen-bond donors (Lipinski definition) is 1. The number of rotatable bonds is 2. The molecule has 0 saturated carbocycles. The quantitative estimate of drug-likeness (QED) is 0.835. The zero-order valence-electron chi connectivity index (χ0n) is 13.5. The summed E-state index contributed by atoms with van der Waals surface area (Å²) in [6.45, 7) is 3.18. The Labute approximate surface area is 151 Å². The van der Waals surface area contributed by atoms with Gasteiger partial charge in [-0.15, -0.1) is 0 Å². The molecule has 0 spiro atoms. The van der Waals surface area contributed by atoms with E-state index in [1.54, 1.807) is 24.4 Å². The predicted octanol–water partition coefficient (Wildman–Crippen LogP) is 2.34. The molecule has 1 aliphatic rings. The highest BCUT2D eigenvalue weighted by Gasteiger charge is 2.20. The van der Waals surface area contributed by atoms with E-state index in [0.29, 0.717) is 16.2 Å². The fourth-order valence-corrected chi connectivity index (χ4v) is 2.95. The number of benzene rings is 1. The Hall–Kier alpha value is -3.16. The lowest BCUT2D eigenvalue weighted by molar-refractivity contribution is 0.389. The van der Waals surface area contributed by atoms with Gasteiger partial charge in [-0.05, 0) is 42.5 Å². The van der Waals surface area contributed by atoms with E-state index in [1.807, 2.05) is 18.2 Å². The van der Waals surface area contributed by atoms with E-state index < -0.39 is 0 Å². The lowest BCUT2D eigenvalue weighted by Gasteiger charge is -2.36. The molecule has 1 N–H and O–H groups in total. The number of aromatic nitrogens is 1. The van der Waals surface area contributed by atoms with E-state index in [1.165, 1.54) is 0 Å². The molecule has 124 valence electrons. The van der Waals surface area contributed by atoms with E-state index in [9.17, 15) is 0 Å². The van der Waals surface area contributed by atoms with Gasteiger partial charge < -0.3 is 15.1 Å². The highest BCUT2D eigenvalue weighted by Crippen LogP contribution is 2.15. The van der Waals surface area contributed by atoms with Crippen molar-refractivity contribution < 1.29 is 0 Å². The SMILES string of the molecule is N#Cc1ccc(N2CCN(C(=S)Nc3cccc(C#N)c3)CC2)nc1. The fraction of sp³-hybridized carbons (Fsp3) is 0.222. The van der Waals surface area contributed by atoms with E-state index >= 15 is 0 Å². The Morgan fingerprint density at radius 3 is 2.44 bits per heavy atom. The first kappa shape index (κ1) is 16.7. The first-order valence-electron chi connectivity index (χ1n) is 7.87. The molecule has 25 heavy (non-hydrogen) atoms. The first-order chi connectivity index (χ1) is 12.2. The van der Waals surface area contributed by atoms with Crippen molar-refractivity contribution in [2.24, 2.45) is 0 Å². The summed E-state index contributed by atoms with van der Waals surface area (Å²) in [6.07, 6.45) is 1.59. The number of hydrogen-bond acceptors (Lipinski definition) is 5. The molecule has 0 atom stereocenters. The molecular formula is C18H16N6S. The molecule has 1 fully saturated rings. The van der Waals surface area contributed by atoms with Gasteiger partial charge >= 0.3 is 0 Å². The van der Waals surface area contributed by atoms with Crippen LogP contribution < -0.4 is 10.2 Å². The van der Waals surface area contributed by atoms with Gasteiger partial charge in [0.25, 0.3) is 0 Å². The fourth-order valence-electron chi connectivity index (χ4n) is 2.65. The minimum absolute atomic E-state index is 0.562. The zero-order valence-corrected chi connectivity index (χ0v) is 14.3. The number of anilines is 2. The maximum Gasteiger partial charge on any atom is 0.173 e. The first-order valence-corrected chi connectivity index (χ1v) is 8.27. The Morgan fingerprint density at radius 1 is 1.04 bits per heavy atom. The van der Waals surface area contributed by atoms with Gasteiger partial charge in [0.05, 0.1) is 17.2 Å². The number of pyridine rings is 1. The number of nitrogens with zero attached hydrogens (tertiary/aromatic N) is 5. The van der Waals surface area contributed by atoms with Gasteiger partial charge in [-0.2, -0.15) is 10.5 Å². The number of piperazine rings is 1. The Bertz CT molecular complexity index is 841. The van der Waals surface area contributed by atoms with Crippen LogP contribution in [0.15, 0.2) is 42.6 Å². The molecule has 1 aromatic heterocycles. The average molecular weight is 348 g/mol. The summed E-state index contributed by atoms with van der Waals surface area (Å²) in [5.74, 6) is 0.874. The van der Waals surface area contributed by atoms with Gasteiger partial charge in [-0.25, -0.2) is 4.98 Å². The molecule has 1 aromatic carbocycles. The van der Waals surface area contributed by atoms with Crippen molar-refractivity contribution in [1.29, 1.82) is 10.5 Å². The summed E-state index contributed by atoms with van der Waals surface area (Å²) in [5.41, 5.74) is 1.98. The molecular weight excluding hydrogens is 332 g/mol. The lowest BCUT2D eigenvalue weighted by atomic mass is 10.2. The molecule has 7 heteroatoms. The van der Waals surface area contributed by atoms with E-state index in [2.05, 4.69) is 32.2 Å². The van der Waals surface area contributed by atoms with Crippen molar-refractivity contribution in [2.45, 2.75) is 0 Å². The van der Waals surface area contributed by atoms with Gasteiger partial charge in [0.2, 0.25) is 0 Å². The number of thiocarbonyl (C=S) groups is 1. The molecule has 0 unspecified atom stereocenters. The minimum Gasteiger partial charge on any atom is -0.353 e. The summed E-state index contributed by atoms with van der Waals surface area (Å²) in [7, 11) is 0. The van der Waals surface area contributed by atoms with E-state index in [4.69, 9.17) is 22.7 Å². The van der Waals surface area contributed by atoms with Crippen molar-refractivity contribution in [3.63, 3.8) is 0 Å². The molecule has 2 aromatic rings. The Balaban J connectivity index is 1.57. The second-order valence-electron chi connectivity index (χ2n) is 5.61. The van der Waals surface area contributed by atoms with Crippen LogP contribution in [0.1, 0.15) is 11.1 Å². The smallest absolute Gasteiger partial charge is 0.173 e. The lowest BCUT2D eigenvalue weighted by Crippen LogP contribution is -2.50. The highest BCUT2D eigenvalue weighted by atomic mass is 32.1. The number of nitriles is 2. The second-order valence-corrected chi connectivity index (χ2v) is 6.00. The summed E-state index contributed by atoms with van der Waals surface area (Å²) in [5, 5.41) is 21.7. The van der Waals surface area contributed by atoms with Crippen LogP contribution in [0.25, 0.3) is 0 Å². The third-order valence-electron chi connectivity index (χ3n) is 4.01. The van der Waals surface area contributed by atoms with Crippen LogP contribution in [-0.2, 0) is 0 Å². The van der Waals surface area contributed by atoms with Crippen LogP contribution in [0, 0.1) is 22.7 Å². The van der Waals surface area contributed by atoms with Crippen molar-refractivity contribution in [3.8, 4) is 12.1 Å². The molecule has 0 bridgehead atoms. The maximum atomic E-state index is 8.96. The molecule has 1 saturated heterocycles. The van der Waals surface area contributed by atoms with Gasteiger partial charge in [0.1, 0.15) is 11.9 Å². The molecule has 0 amide bonds. The predicted molar refractivity (Wildman–Crippen MR) is 100 cm³/mol. The summed E-state index contributed by atoms with van der Waals surface area (Å²) in [4.78, 5) is 8.62.